The summed E-state index contributed by atoms with van der Waals surface area (Å²) in [6, 6.07) is 0.615. The maximum atomic E-state index is 5.20. The molecule has 0 radical (unpaired) electrons. The van der Waals surface area contributed by atoms with E-state index < -0.39 is 0 Å². The molecule has 0 aromatic heterocycles. The summed E-state index contributed by atoms with van der Waals surface area (Å²) in [5, 5.41) is 3.59. The monoisotopic (exact) mass is 185 g/mol. The third kappa shape index (κ3) is 4.63. The number of ether oxygens (including phenoxy) is 1. The standard InChI is InChI=1S/C11H23NO/c1-9(2)6-7-12-11(8-13-3)10-4-5-10/h9-12H,4-8H2,1-3H3. The molecule has 0 bridgehead atoms. The minimum absolute atomic E-state index is 0.615. The van der Waals surface area contributed by atoms with Crippen molar-refractivity contribution in [2.24, 2.45) is 11.8 Å². The molecular formula is C11H23NO. The third-order valence-corrected chi connectivity index (χ3v) is 2.67. The maximum absolute atomic E-state index is 5.20. The van der Waals surface area contributed by atoms with E-state index in [2.05, 4.69) is 19.2 Å². The van der Waals surface area contributed by atoms with E-state index in [1.165, 1.54) is 19.3 Å². The molecule has 1 rings (SSSR count). The molecule has 78 valence electrons. The van der Waals surface area contributed by atoms with E-state index in [0.717, 1.165) is 25.0 Å². The lowest BCUT2D eigenvalue weighted by Gasteiger charge is -2.17. The molecular weight excluding hydrogens is 162 g/mol. The van der Waals surface area contributed by atoms with Gasteiger partial charge in [-0.1, -0.05) is 13.8 Å². The van der Waals surface area contributed by atoms with Crippen LogP contribution in [0.25, 0.3) is 0 Å². The van der Waals surface area contributed by atoms with Gasteiger partial charge in [0.1, 0.15) is 0 Å². The number of methoxy groups -OCH3 is 1. The molecule has 13 heavy (non-hydrogen) atoms. The van der Waals surface area contributed by atoms with Crippen LogP contribution in [0.5, 0.6) is 0 Å². The van der Waals surface area contributed by atoms with Crippen LogP contribution < -0.4 is 5.32 Å². The lowest BCUT2D eigenvalue weighted by atomic mass is 10.1. The molecule has 0 saturated heterocycles. The van der Waals surface area contributed by atoms with Crippen LogP contribution in [-0.2, 0) is 4.74 Å². The first kappa shape index (κ1) is 11.0. The van der Waals surface area contributed by atoms with Gasteiger partial charge in [-0.3, -0.25) is 0 Å². The molecule has 2 heteroatoms. The summed E-state index contributed by atoms with van der Waals surface area (Å²) in [6.45, 7) is 6.55. The Morgan fingerprint density at radius 2 is 2.08 bits per heavy atom. The van der Waals surface area contributed by atoms with Crippen molar-refractivity contribution >= 4 is 0 Å². The lowest BCUT2D eigenvalue weighted by molar-refractivity contribution is 0.157. The van der Waals surface area contributed by atoms with Gasteiger partial charge in [-0.05, 0) is 37.6 Å². The van der Waals surface area contributed by atoms with Gasteiger partial charge < -0.3 is 10.1 Å². The molecule has 2 nitrogen and oxygen atoms in total. The fraction of sp³-hybridized carbons (Fsp3) is 1.00. The second-order valence-corrected chi connectivity index (χ2v) is 4.54. The predicted octanol–water partition coefficient (Wildman–Crippen LogP) is 2.05. The summed E-state index contributed by atoms with van der Waals surface area (Å²) >= 11 is 0. The van der Waals surface area contributed by atoms with Crippen LogP contribution in [-0.4, -0.2) is 26.3 Å². The zero-order valence-corrected chi connectivity index (χ0v) is 9.18. The van der Waals surface area contributed by atoms with E-state index in [-0.39, 0.29) is 0 Å². The van der Waals surface area contributed by atoms with Gasteiger partial charge in [-0.2, -0.15) is 0 Å². The van der Waals surface area contributed by atoms with Crippen LogP contribution in [0, 0.1) is 11.8 Å². The number of rotatable bonds is 7. The van der Waals surface area contributed by atoms with Crippen molar-refractivity contribution in [3.8, 4) is 0 Å². The largest absolute Gasteiger partial charge is 0.383 e. The van der Waals surface area contributed by atoms with Gasteiger partial charge in [-0.15, -0.1) is 0 Å². The highest BCUT2D eigenvalue weighted by Gasteiger charge is 2.30. The van der Waals surface area contributed by atoms with Gasteiger partial charge in [-0.25, -0.2) is 0 Å². The number of hydrogen-bond donors (Lipinski definition) is 1. The fourth-order valence-corrected chi connectivity index (χ4v) is 1.60. The highest BCUT2D eigenvalue weighted by Crippen LogP contribution is 2.32. The zero-order valence-electron chi connectivity index (χ0n) is 9.18. The molecule has 1 fully saturated rings. The zero-order chi connectivity index (χ0) is 9.68. The van der Waals surface area contributed by atoms with E-state index in [1.54, 1.807) is 7.11 Å². The Morgan fingerprint density at radius 3 is 2.54 bits per heavy atom. The van der Waals surface area contributed by atoms with Crippen molar-refractivity contribution in [2.45, 2.75) is 39.2 Å². The molecule has 1 aliphatic rings. The number of hydrogen-bond acceptors (Lipinski definition) is 2. The molecule has 0 amide bonds. The van der Waals surface area contributed by atoms with Crippen molar-refractivity contribution < 1.29 is 4.74 Å². The Kier molecular flexibility index (Phi) is 4.74. The van der Waals surface area contributed by atoms with Crippen LogP contribution in [0.2, 0.25) is 0 Å². The van der Waals surface area contributed by atoms with Crippen LogP contribution in [0.1, 0.15) is 33.1 Å². The third-order valence-electron chi connectivity index (χ3n) is 2.67. The first-order chi connectivity index (χ1) is 6.24. The highest BCUT2D eigenvalue weighted by atomic mass is 16.5. The van der Waals surface area contributed by atoms with Crippen molar-refractivity contribution in [3.05, 3.63) is 0 Å². The van der Waals surface area contributed by atoms with E-state index in [4.69, 9.17) is 4.74 Å². The lowest BCUT2D eigenvalue weighted by Crippen LogP contribution is -2.36. The van der Waals surface area contributed by atoms with E-state index >= 15 is 0 Å². The van der Waals surface area contributed by atoms with Crippen molar-refractivity contribution in [1.82, 2.24) is 5.32 Å². The predicted molar refractivity (Wildman–Crippen MR) is 55.8 cm³/mol. The van der Waals surface area contributed by atoms with E-state index in [1.807, 2.05) is 0 Å². The highest BCUT2D eigenvalue weighted by molar-refractivity contribution is 4.86. The Balaban J connectivity index is 2.07. The van der Waals surface area contributed by atoms with Gasteiger partial charge in [0.2, 0.25) is 0 Å². The molecule has 0 aromatic carbocycles. The SMILES string of the molecule is COCC(NCCC(C)C)C1CC1. The molecule has 1 atom stereocenters. The first-order valence-electron chi connectivity index (χ1n) is 5.46. The Labute approximate surface area is 82.0 Å². The normalized spacial score (nSPS) is 19.4. The summed E-state index contributed by atoms with van der Waals surface area (Å²) in [5.74, 6) is 1.70. The summed E-state index contributed by atoms with van der Waals surface area (Å²) in [5.41, 5.74) is 0. The summed E-state index contributed by atoms with van der Waals surface area (Å²) in [6.07, 6.45) is 4.05. The van der Waals surface area contributed by atoms with Gasteiger partial charge in [0.25, 0.3) is 0 Å². The summed E-state index contributed by atoms with van der Waals surface area (Å²) in [7, 11) is 1.79. The average molecular weight is 185 g/mol. The summed E-state index contributed by atoms with van der Waals surface area (Å²) in [4.78, 5) is 0. The Morgan fingerprint density at radius 1 is 1.38 bits per heavy atom. The van der Waals surface area contributed by atoms with Crippen molar-refractivity contribution in [1.29, 1.82) is 0 Å². The molecule has 1 unspecified atom stereocenters. The van der Waals surface area contributed by atoms with Crippen molar-refractivity contribution in [2.75, 3.05) is 20.3 Å². The first-order valence-corrected chi connectivity index (χ1v) is 5.46. The number of nitrogens with one attached hydrogen (secondary N) is 1. The fourth-order valence-electron chi connectivity index (χ4n) is 1.60. The molecule has 0 spiro atoms. The minimum atomic E-state index is 0.615. The molecule has 1 aliphatic carbocycles. The molecule has 0 aromatic rings. The van der Waals surface area contributed by atoms with Gasteiger partial charge in [0.15, 0.2) is 0 Å². The van der Waals surface area contributed by atoms with Crippen LogP contribution in [0.4, 0.5) is 0 Å². The van der Waals surface area contributed by atoms with Crippen LogP contribution >= 0.6 is 0 Å². The quantitative estimate of drug-likeness (QED) is 0.655. The van der Waals surface area contributed by atoms with Gasteiger partial charge in [0.05, 0.1) is 6.61 Å². The molecule has 1 N–H and O–H groups in total. The van der Waals surface area contributed by atoms with Crippen LogP contribution in [0.15, 0.2) is 0 Å². The Bertz CT molecular complexity index is 132. The van der Waals surface area contributed by atoms with E-state index in [9.17, 15) is 0 Å². The van der Waals surface area contributed by atoms with E-state index in [0.29, 0.717) is 6.04 Å². The van der Waals surface area contributed by atoms with Gasteiger partial charge in [0, 0.05) is 13.2 Å². The molecule has 1 saturated carbocycles. The Hall–Kier alpha value is -0.0800. The molecule has 0 heterocycles. The minimum Gasteiger partial charge on any atom is -0.383 e. The van der Waals surface area contributed by atoms with Crippen molar-refractivity contribution in [3.63, 3.8) is 0 Å². The smallest absolute Gasteiger partial charge is 0.0618 e. The second-order valence-electron chi connectivity index (χ2n) is 4.54. The van der Waals surface area contributed by atoms with Crippen LogP contribution in [0.3, 0.4) is 0 Å². The topological polar surface area (TPSA) is 21.3 Å². The summed E-state index contributed by atoms with van der Waals surface area (Å²) < 4.78 is 5.20. The average Bonchev–Trinajstić information content (AvgIpc) is 2.84. The second kappa shape index (κ2) is 5.61. The van der Waals surface area contributed by atoms with Gasteiger partial charge >= 0.3 is 0 Å². The molecule has 0 aliphatic heterocycles. The maximum Gasteiger partial charge on any atom is 0.0618 e.